The van der Waals surface area contributed by atoms with Gasteiger partial charge < -0.3 is 4.84 Å². The molecule has 1 aromatic carbocycles. The first-order chi connectivity index (χ1) is 11.5. The number of aryl methyl sites for hydroxylation is 1. The molecule has 8 heteroatoms. The maximum Gasteiger partial charge on any atom is 0.332 e. The Hall–Kier alpha value is -3.16. The topological polar surface area (TPSA) is 83.4 Å². The second-order valence-corrected chi connectivity index (χ2v) is 5.39. The molecule has 0 radical (unpaired) electrons. The van der Waals surface area contributed by atoms with Crippen LogP contribution in [-0.4, -0.2) is 24.4 Å². The number of nitrogens with zero attached hydrogens (tertiary/aromatic N) is 5. The Bertz CT molecular complexity index is 1030. The van der Waals surface area contributed by atoms with Gasteiger partial charge in [0.1, 0.15) is 6.33 Å². The summed E-state index contributed by atoms with van der Waals surface area (Å²) >= 11 is 0. The average Bonchev–Trinajstić information content (AvgIpc) is 3.03. The highest BCUT2D eigenvalue weighted by Crippen LogP contribution is 2.06. The zero-order chi connectivity index (χ0) is 17.3. The second-order valence-electron chi connectivity index (χ2n) is 5.39. The first-order valence-corrected chi connectivity index (χ1v) is 7.33. The number of rotatable bonds is 4. The van der Waals surface area contributed by atoms with Gasteiger partial charge in [-0.2, -0.15) is 0 Å². The van der Waals surface area contributed by atoms with E-state index in [2.05, 4.69) is 10.1 Å². The van der Waals surface area contributed by atoms with Crippen LogP contribution in [0.15, 0.2) is 51.4 Å². The molecule has 0 spiro atoms. The van der Waals surface area contributed by atoms with Crippen LogP contribution in [0, 0.1) is 0 Å². The molecule has 8 nitrogen and oxygen atoms in total. The Labute approximate surface area is 137 Å². The Morgan fingerprint density at radius 3 is 2.58 bits per heavy atom. The molecule has 0 aliphatic carbocycles. The lowest BCUT2D eigenvalue weighted by molar-refractivity contribution is 0.0864. The van der Waals surface area contributed by atoms with Gasteiger partial charge in [0, 0.05) is 14.1 Å². The minimum absolute atomic E-state index is 0.0219. The van der Waals surface area contributed by atoms with Gasteiger partial charge in [-0.3, -0.25) is 18.5 Å². The van der Waals surface area contributed by atoms with Crippen LogP contribution in [0.25, 0.3) is 11.2 Å². The summed E-state index contributed by atoms with van der Waals surface area (Å²) in [6.45, 7) is 1.86. The van der Waals surface area contributed by atoms with E-state index in [1.807, 2.05) is 37.3 Å². The van der Waals surface area contributed by atoms with Crippen molar-refractivity contribution in [2.24, 2.45) is 19.3 Å². The van der Waals surface area contributed by atoms with E-state index in [1.165, 1.54) is 22.5 Å². The van der Waals surface area contributed by atoms with Crippen LogP contribution in [-0.2, 0) is 25.7 Å². The summed E-state index contributed by atoms with van der Waals surface area (Å²) in [5.41, 5.74) is 1.45. The molecule has 0 saturated heterocycles. The van der Waals surface area contributed by atoms with Gasteiger partial charge in [-0.05, 0) is 12.5 Å². The SMILES string of the molecule is C/C(=N\OCn1cnc2c1c(=O)n(C)c(=O)n2C)c1ccccc1. The zero-order valence-electron chi connectivity index (χ0n) is 13.6. The standard InChI is InChI=1S/C16H17N5O3/c1-11(12-7-5-4-6-8-12)18-24-10-21-9-17-14-13(21)15(22)20(3)16(23)19(14)2/h4-9H,10H2,1-3H3/b18-11+. The van der Waals surface area contributed by atoms with E-state index < -0.39 is 11.2 Å². The molecule has 0 unspecified atom stereocenters. The molecule has 0 atom stereocenters. The van der Waals surface area contributed by atoms with Crippen molar-refractivity contribution in [2.75, 3.05) is 0 Å². The predicted octanol–water partition coefficient (Wildman–Crippen LogP) is 0.832. The molecule has 0 aliphatic heterocycles. The Morgan fingerprint density at radius 1 is 1.17 bits per heavy atom. The molecule has 0 amide bonds. The third-order valence-electron chi connectivity index (χ3n) is 3.81. The number of fused-ring (bicyclic) bond motifs is 1. The van der Waals surface area contributed by atoms with E-state index in [1.54, 1.807) is 7.05 Å². The van der Waals surface area contributed by atoms with Gasteiger partial charge in [0.15, 0.2) is 17.9 Å². The van der Waals surface area contributed by atoms with Crippen LogP contribution in [0.4, 0.5) is 0 Å². The lowest BCUT2D eigenvalue weighted by Crippen LogP contribution is -2.37. The maximum absolute atomic E-state index is 12.3. The van der Waals surface area contributed by atoms with Crippen LogP contribution < -0.4 is 11.2 Å². The molecule has 2 heterocycles. The van der Waals surface area contributed by atoms with Gasteiger partial charge in [-0.25, -0.2) is 9.78 Å². The summed E-state index contributed by atoms with van der Waals surface area (Å²) in [6.07, 6.45) is 1.46. The minimum atomic E-state index is -0.420. The van der Waals surface area contributed by atoms with Crippen molar-refractivity contribution < 1.29 is 4.84 Å². The molecule has 0 bridgehead atoms. The van der Waals surface area contributed by atoms with Gasteiger partial charge in [0.05, 0.1) is 5.71 Å². The van der Waals surface area contributed by atoms with Crippen molar-refractivity contribution in [3.05, 3.63) is 63.1 Å². The van der Waals surface area contributed by atoms with Crippen molar-refractivity contribution >= 4 is 16.9 Å². The average molecular weight is 327 g/mol. The van der Waals surface area contributed by atoms with E-state index in [-0.39, 0.29) is 6.73 Å². The molecule has 0 fully saturated rings. The number of hydrogen-bond acceptors (Lipinski definition) is 5. The van der Waals surface area contributed by atoms with Crippen molar-refractivity contribution in [3.63, 3.8) is 0 Å². The number of hydrogen-bond donors (Lipinski definition) is 0. The Kier molecular flexibility index (Phi) is 4.03. The van der Waals surface area contributed by atoms with Crippen LogP contribution in [0.3, 0.4) is 0 Å². The molecule has 0 aliphatic rings. The highest BCUT2D eigenvalue weighted by atomic mass is 16.6. The quantitative estimate of drug-likeness (QED) is 0.525. The third-order valence-corrected chi connectivity index (χ3v) is 3.81. The first-order valence-electron chi connectivity index (χ1n) is 7.33. The van der Waals surface area contributed by atoms with Gasteiger partial charge in [0.2, 0.25) is 0 Å². The van der Waals surface area contributed by atoms with E-state index in [0.29, 0.717) is 11.2 Å². The summed E-state index contributed by atoms with van der Waals surface area (Å²) in [5, 5.41) is 4.06. The van der Waals surface area contributed by atoms with Gasteiger partial charge in [-0.1, -0.05) is 35.5 Å². The Morgan fingerprint density at radius 2 is 1.88 bits per heavy atom. The molecule has 0 saturated carbocycles. The van der Waals surface area contributed by atoms with Gasteiger partial charge in [-0.15, -0.1) is 0 Å². The van der Waals surface area contributed by atoms with E-state index in [0.717, 1.165) is 15.8 Å². The fourth-order valence-corrected chi connectivity index (χ4v) is 2.41. The summed E-state index contributed by atoms with van der Waals surface area (Å²) in [6, 6.07) is 9.62. The molecule has 3 aromatic rings. The van der Waals surface area contributed by atoms with E-state index in [4.69, 9.17) is 4.84 Å². The number of imidazole rings is 1. The van der Waals surface area contributed by atoms with Crippen molar-refractivity contribution in [3.8, 4) is 0 Å². The molecular weight excluding hydrogens is 310 g/mol. The van der Waals surface area contributed by atoms with Crippen molar-refractivity contribution in [2.45, 2.75) is 13.7 Å². The molecule has 124 valence electrons. The van der Waals surface area contributed by atoms with Crippen LogP contribution >= 0.6 is 0 Å². The lowest BCUT2D eigenvalue weighted by Gasteiger charge is -2.06. The molecule has 3 rings (SSSR count). The smallest absolute Gasteiger partial charge is 0.332 e. The van der Waals surface area contributed by atoms with Crippen LogP contribution in [0.5, 0.6) is 0 Å². The maximum atomic E-state index is 12.3. The monoisotopic (exact) mass is 327 g/mol. The largest absolute Gasteiger partial charge is 0.373 e. The third kappa shape index (κ3) is 2.62. The highest BCUT2D eigenvalue weighted by molar-refractivity contribution is 5.98. The number of benzene rings is 1. The normalized spacial score (nSPS) is 11.9. The van der Waals surface area contributed by atoms with E-state index in [9.17, 15) is 9.59 Å². The van der Waals surface area contributed by atoms with Gasteiger partial charge in [0.25, 0.3) is 5.56 Å². The zero-order valence-corrected chi connectivity index (χ0v) is 13.6. The fraction of sp³-hybridized carbons (Fsp3) is 0.250. The minimum Gasteiger partial charge on any atom is -0.373 e. The van der Waals surface area contributed by atoms with Crippen LogP contribution in [0.2, 0.25) is 0 Å². The summed E-state index contributed by atoms with van der Waals surface area (Å²) < 4.78 is 3.89. The van der Waals surface area contributed by atoms with Crippen molar-refractivity contribution in [1.82, 2.24) is 18.7 Å². The Balaban J connectivity index is 1.90. The molecular formula is C16H17N5O3. The summed E-state index contributed by atoms with van der Waals surface area (Å²) in [4.78, 5) is 33.7. The molecule has 0 N–H and O–H groups in total. The fourth-order valence-electron chi connectivity index (χ4n) is 2.41. The number of oxime groups is 1. The highest BCUT2D eigenvalue weighted by Gasteiger charge is 2.14. The van der Waals surface area contributed by atoms with E-state index >= 15 is 0 Å². The number of aromatic nitrogens is 4. The lowest BCUT2D eigenvalue weighted by atomic mass is 10.1. The van der Waals surface area contributed by atoms with Gasteiger partial charge >= 0.3 is 5.69 Å². The molecule has 24 heavy (non-hydrogen) atoms. The van der Waals surface area contributed by atoms with Crippen LogP contribution in [0.1, 0.15) is 12.5 Å². The molecule has 2 aromatic heterocycles. The summed E-state index contributed by atoms with van der Waals surface area (Å²) in [5.74, 6) is 0. The summed E-state index contributed by atoms with van der Waals surface area (Å²) in [7, 11) is 3.00. The second kappa shape index (κ2) is 6.15. The predicted molar refractivity (Wildman–Crippen MR) is 90.0 cm³/mol. The van der Waals surface area contributed by atoms with Crippen molar-refractivity contribution in [1.29, 1.82) is 0 Å². The first kappa shape index (κ1) is 15.7.